The smallest absolute Gasteiger partial charge is 0.359 e. The Balaban J connectivity index is 1.75. The van der Waals surface area contributed by atoms with Crippen molar-refractivity contribution in [3.05, 3.63) is 85.6 Å². The lowest BCUT2D eigenvalue weighted by Gasteiger charge is -2.14. The SMILES string of the molecule is Cc1cc2oc(=O)cc(COC(=O)c3nn(C(C)C)c(=O)c4ccccc34)c2cc1C(C)C. The molecule has 2 heterocycles. The van der Waals surface area contributed by atoms with Gasteiger partial charge in [-0.15, -0.1) is 0 Å². The summed E-state index contributed by atoms with van der Waals surface area (Å²) in [5.74, 6) is -0.387. The van der Waals surface area contributed by atoms with Crippen LogP contribution in [0.15, 0.2) is 56.5 Å². The number of esters is 1. The first-order valence-corrected chi connectivity index (χ1v) is 10.9. The van der Waals surface area contributed by atoms with Gasteiger partial charge in [0.1, 0.15) is 12.2 Å². The predicted octanol–water partition coefficient (Wildman–Crippen LogP) is 4.87. The van der Waals surface area contributed by atoms with E-state index in [1.807, 2.05) is 32.9 Å². The summed E-state index contributed by atoms with van der Waals surface area (Å²) in [6.07, 6.45) is 0. The molecular weight excluding hydrogens is 420 g/mol. The van der Waals surface area contributed by atoms with Crippen LogP contribution in [0.3, 0.4) is 0 Å². The summed E-state index contributed by atoms with van der Waals surface area (Å²) in [5.41, 5.74) is 2.44. The van der Waals surface area contributed by atoms with Crippen LogP contribution in [-0.4, -0.2) is 15.7 Å². The zero-order valence-corrected chi connectivity index (χ0v) is 19.3. The number of carbonyl (C=O) groups is 1. The second-order valence-electron chi connectivity index (χ2n) is 8.76. The summed E-state index contributed by atoms with van der Waals surface area (Å²) >= 11 is 0. The molecule has 2 aromatic heterocycles. The van der Waals surface area contributed by atoms with Crippen LogP contribution in [0, 0.1) is 6.92 Å². The van der Waals surface area contributed by atoms with Gasteiger partial charge in [-0.1, -0.05) is 32.0 Å². The van der Waals surface area contributed by atoms with Crippen LogP contribution in [0.2, 0.25) is 0 Å². The third-order valence-electron chi connectivity index (χ3n) is 5.71. The van der Waals surface area contributed by atoms with E-state index < -0.39 is 11.6 Å². The van der Waals surface area contributed by atoms with Crippen molar-refractivity contribution >= 4 is 27.7 Å². The van der Waals surface area contributed by atoms with Crippen molar-refractivity contribution in [2.75, 3.05) is 0 Å². The van der Waals surface area contributed by atoms with Crippen LogP contribution in [0.1, 0.15) is 66.8 Å². The number of carbonyl (C=O) groups excluding carboxylic acids is 1. The molecule has 0 bridgehead atoms. The minimum absolute atomic E-state index is 0.0601. The van der Waals surface area contributed by atoms with E-state index in [2.05, 4.69) is 18.9 Å². The molecule has 0 N–H and O–H groups in total. The van der Waals surface area contributed by atoms with E-state index in [-0.39, 0.29) is 29.8 Å². The van der Waals surface area contributed by atoms with Crippen LogP contribution in [-0.2, 0) is 11.3 Å². The van der Waals surface area contributed by atoms with Crippen molar-refractivity contribution in [3.63, 3.8) is 0 Å². The van der Waals surface area contributed by atoms with Crippen molar-refractivity contribution < 1.29 is 13.9 Å². The van der Waals surface area contributed by atoms with Crippen molar-refractivity contribution in [1.29, 1.82) is 0 Å². The van der Waals surface area contributed by atoms with E-state index >= 15 is 0 Å². The maximum atomic E-state index is 13.1. The van der Waals surface area contributed by atoms with E-state index in [1.165, 1.54) is 10.7 Å². The average molecular weight is 447 g/mol. The minimum atomic E-state index is -0.668. The molecule has 0 aliphatic rings. The largest absolute Gasteiger partial charge is 0.456 e. The monoisotopic (exact) mass is 446 g/mol. The lowest BCUT2D eigenvalue weighted by molar-refractivity contribution is 0.0466. The van der Waals surface area contributed by atoms with Crippen molar-refractivity contribution in [2.45, 2.75) is 53.2 Å². The van der Waals surface area contributed by atoms with Gasteiger partial charge in [-0.05, 0) is 56.0 Å². The molecule has 0 fully saturated rings. The van der Waals surface area contributed by atoms with Gasteiger partial charge in [0.05, 0.1) is 11.4 Å². The van der Waals surface area contributed by atoms with E-state index in [1.54, 1.807) is 24.3 Å². The molecule has 0 unspecified atom stereocenters. The maximum Gasteiger partial charge on any atom is 0.359 e. The highest BCUT2D eigenvalue weighted by Gasteiger charge is 2.20. The molecule has 0 saturated carbocycles. The van der Waals surface area contributed by atoms with Gasteiger partial charge in [-0.2, -0.15) is 5.10 Å². The topological polar surface area (TPSA) is 91.4 Å². The summed E-state index contributed by atoms with van der Waals surface area (Å²) in [7, 11) is 0. The van der Waals surface area contributed by atoms with Gasteiger partial charge in [0.15, 0.2) is 5.69 Å². The standard InChI is InChI=1S/C26H26N2O5/c1-14(2)20-12-21-17(11-23(29)33-22(21)10-16(20)5)13-32-26(31)24-18-8-6-7-9-19(18)25(30)28(27-24)15(3)4/h6-12,14-15H,13H2,1-5H3. The quantitative estimate of drug-likeness (QED) is 0.321. The number of fused-ring (bicyclic) bond motifs is 2. The van der Waals surface area contributed by atoms with Crippen molar-refractivity contribution in [2.24, 2.45) is 0 Å². The van der Waals surface area contributed by atoms with Gasteiger partial charge in [-0.25, -0.2) is 14.3 Å². The summed E-state index contributed by atoms with van der Waals surface area (Å²) < 4.78 is 12.2. The fourth-order valence-electron chi connectivity index (χ4n) is 4.05. The minimum Gasteiger partial charge on any atom is -0.456 e. The third kappa shape index (κ3) is 4.18. The highest BCUT2D eigenvalue weighted by molar-refractivity contribution is 6.02. The molecule has 2 aromatic carbocycles. The molecule has 0 aliphatic heterocycles. The van der Waals surface area contributed by atoms with E-state index in [4.69, 9.17) is 9.15 Å². The Bertz CT molecular complexity index is 1490. The van der Waals surface area contributed by atoms with Gasteiger partial charge >= 0.3 is 11.6 Å². The van der Waals surface area contributed by atoms with Crippen LogP contribution in [0.25, 0.3) is 21.7 Å². The van der Waals surface area contributed by atoms with E-state index in [0.717, 1.165) is 16.5 Å². The molecule has 0 atom stereocenters. The second kappa shape index (κ2) is 8.65. The molecule has 0 aliphatic carbocycles. The number of ether oxygens (including phenoxy) is 1. The highest BCUT2D eigenvalue weighted by atomic mass is 16.5. The molecule has 7 nitrogen and oxygen atoms in total. The molecular formula is C26H26N2O5. The zero-order chi connectivity index (χ0) is 23.9. The first-order chi connectivity index (χ1) is 15.7. The number of rotatable bonds is 5. The molecule has 7 heteroatoms. The normalized spacial score (nSPS) is 11.6. The summed E-state index contributed by atoms with van der Waals surface area (Å²) in [4.78, 5) is 37.9. The van der Waals surface area contributed by atoms with Crippen LogP contribution in [0.4, 0.5) is 0 Å². The summed E-state index contributed by atoms with van der Waals surface area (Å²) in [6, 6.07) is 11.8. The maximum absolute atomic E-state index is 13.1. The second-order valence-corrected chi connectivity index (χ2v) is 8.76. The fourth-order valence-corrected chi connectivity index (χ4v) is 4.05. The molecule has 33 heavy (non-hydrogen) atoms. The first-order valence-electron chi connectivity index (χ1n) is 10.9. The Morgan fingerprint density at radius 2 is 1.73 bits per heavy atom. The lowest BCUT2D eigenvalue weighted by atomic mass is 9.95. The number of aromatic nitrogens is 2. The number of hydrogen-bond donors (Lipinski definition) is 0. The van der Waals surface area contributed by atoms with Crippen LogP contribution < -0.4 is 11.2 Å². The Morgan fingerprint density at radius 3 is 2.39 bits per heavy atom. The average Bonchev–Trinajstić information content (AvgIpc) is 2.76. The van der Waals surface area contributed by atoms with Crippen LogP contribution >= 0.6 is 0 Å². The molecule has 0 radical (unpaired) electrons. The molecule has 4 rings (SSSR count). The summed E-state index contributed by atoms with van der Waals surface area (Å²) in [5, 5.41) is 5.84. The molecule has 0 saturated heterocycles. The highest BCUT2D eigenvalue weighted by Crippen LogP contribution is 2.27. The van der Waals surface area contributed by atoms with Crippen molar-refractivity contribution in [1.82, 2.24) is 9.78 Å². The Kier molecular flexibility index (Phi) is 5.89. The van der Waals surface area contributed by atoms with Gasteiger partial charge in [0, 0.05) is 22.4 Å². The lowest BCUT2D eigenvalue weighted by Crippen LogP contribution is -2.27. The van der Waals surface area contributed by atoms with Crippen molar-refractivity contribution in [3.8, 4) is 0 Å². The number of hydrogen-bond acceptors (Lipinski definition) is 6. The first kappa shape index (κ1) is 22.5. The van der Waals surface area contributed by atoms with Gasteiger partial charge in [0.2, 0.25) is 0 Å². The summed E-state index contributed by atoms with van der Waals surface area (Å²) in [6.45, 7) is 9.67. The number of benzene rings is 2. The Labute approximate surface area is 190 Å². The van der Waals surface area contributed by atoms with Gasteiger partial charge in [-0.3, -0.25) is 4.79 Å². The predicted molar refractivity (Wildman–Crippen MR) is 127 cm³/mol. The Morgan fingerprint density at radius 1 is 1.03 bits per heavy atom. The molecule has 4 aromatic rings. The Hall–Kier alpha value is -3.74. The van der Waals surface area contributed by atoms with E-state index in [9.17, 15) is 14.4 Å². The van der Waals surface area contributed by atoms with Gasteiger partial charge < -0.3 is 9.15 Å². The fraction of sp³-hybridized carbons (Fsp3) is 0.308. The molecule has 170 valence electrons. The van der Waals surface area contributed by atoms with Gasteiger partial charge in [0.25, 0.3) is 5.56 Å². The number of nitrogens with zero attached hydrogens (tertiary/aromatic N) is 2. The molecule has 0 spiro atoms. The third-order valence-corrected chi connectivity index (χ3v) is 5.71. The zero-order valence-electron chi connectivity index (χ0n) is 19.3. The number of aryl methyl sites for hydroxylation is 1. The van der Waals surface area contributed by atoms with E-state index in [0.29, 0.717) is 21.9 Å². The molecule has 0 amide bonds. The van der Waals surface area contributed by atoms with Crippen LogP contribution in [0.5, 0.6) is 0 Å².